The summed E-state index contributed by atoms with van der Waals surface area (Å²) in [6, 6.07) is 12.5. The maximum atomic E-state index is 12.0. The lowest BCUT2D eigenvalue weighted by molar-refractivity contribution is 0.252. The molecule has 0 fully saturated rings. The molecule has 0 atom stereocenters. The first kappa shape index (κ1) is 22.5. The number of amides is 2. The molecule has 0 radical (unpaired) electrons. The summed E-state index contributed by atoms with van der Waals surface area (Å²) in [6.07, 6.45) is 4.26. The molecular weight excluding hydrogens is 460 g/mol. The van der Waals surface area contributed by atoms with Crippen molar-refractivity contribution >= 4 is 33.2 Å². The number of nitrogens with zero attached hydrogens (tertiary/aromatic N) is 3. The van der Waals surface area contributed by atoms with Crippen molar-refractivity contribution in [2.45, 2.75) is 11.8 Å². The quantitative estimate of drug-likeness (QED) is 0.384. The van der Waals surface area contributed by atoms with Crippen molar-refractivity contribution in [3.63, 3.8) is 0 Å². The van der Waals surface area contributed by atoms with E-state index in [4.69, 9.17) is 10.1 Å². The highest BCUT2D eigenvalue weighted by atomic mass is 32.2. The van der Waals surface area contributed by atoms with Crippen molar-refractivity contribution in [2.24, 2.45) is 5.14 Å². The van der Waals surface area contributed by atoms with E-state index in [2.05, 4.69) is 20.6 Å². The highest BCUT2D eigenvalue weighted by Gasteiger charge is 2.17. The first-order chi connectivity index (χ1) is 15.8. The average Bonchev–Trinajstić information content (AvgIpc) is 3.30. The minimum absolute atomic E-state index is 0.111. The Morgan fingerprint density at radius 1 is 1.06 bits per heavy atom. The Labute approximate surface area is 194 Å². The maximum absolute atomic E-state index is 12.0. The summed E-state index contributed by atoms with van der Waals surface area (Å²) in [6.45, 7) is 2.28. The van der Waals surface area contributed by atoms with Crippen molar-refractivity contribution in [2.75, 3.05) is 11.9 Å². The molecule has 168 valence electrons. The van der Waals surface area contributed by atoms with Gasteiger partial charge in [0.2, 0.25) is 10.0 Å². The molecule has 2 amide bonds. The average molecular weight is 481 g/mol. The van der Waals surface area contributed by atoms with E-state index in [0.29, 0.717) is 34.1 Å². The lowest BCUT2D eigenvalue weighted by atomic mass is 10.0. The Morgan fingerprint density at radius 3 is 2.58 bits per heavy atom. The number of nitrogens with two attached hydrogens (primary N) is 1. The van der Waals surface area contributed by atoms with Crippen LogP contribution in [0.25, 0.3) is 33.0 Å². The number of nitrogens with one attached hydrogen (secondary N) is 2. The predicted molar refractivity (Wildman–Crippen MR) is 128 cm³/mol. The molecule has 1 aromatic carbocycles. The molecule has 4 aromatic rings. The summed E-state index contributed by atoms with van der Waals surface area (Å²) in [5, 5.41) is 13.2. The van der Waals surface area contributed by atoms with Gasteiger partial charge in [0, 0.05) is 52.8 Å². The zero-order chi connectivity index (χ0) is 23.4. The summed E-state index contributed by atoms with van der Waals surface area (Å²) in [7, 11) is -3.93. The monoisotopic (exact) mass is 480 g/mol. The smallest absolute Gasteiger partial charge is 0.320 e. The molecular formula is C22H20N6O3S2. The molecule has 3 aromatic heterocycles. The molecule has 3 heterocycles. The van der Waals surface area contributed by atoms with Crippen LogP contribution in [0.15, 0.2) is 71.3 Å². The van der Waals surface area contributed by atoms with E-state index in [0.717, 1.165) is 11.3 Å². The highest BCUT2D eigenvalue weighted by molar-refractivity contribution is 7.89. The predicted octanol–water partition coefficient (Wildman–Crippen LogP) is 3.72. The second kappa shape index (κ2) is 9.45. The number of rotatable bonds is 6. The standard InChI is InChI=1S/C22H20N6O3S2/c1-2-25-22(29)28-20-9-17(21-27-19(13-32-21)14-6-4-3-5-7-14)18(12-26-20)15-8-16(11-24-10-15)33(23,30)31/h3-13H,2H2,1H3,(H2,23,30,31)(H2,25,26,28,29). The molecule has 4 rings (SSSR count). The second-order valence-electron chi connectivity index (χ2n) is 6.96. The summed E-state index contributed by atoms with van der Waals surface area (Å²) in [5.41, 5.74) is 3.54. The first-order valence-electron chi connectivity index (χ1n) is 9.89. The van der Waals surface area contributed by atoms with Gasteiger partial charge in [-0.3, -0.25) is 10.3 Å². The number of urea groups is 1. The van der Waals surface area contributed by atoms with Crippen molar-refractivity contribution in [3.05, 3.63) is 66.4 Å². The third-order valence-electron chi connectivity index (χ3n) is 4.64. The molecule has 0 aliphatic carbocycles. The number of aromatic nitrogens is 3. The van der Waals surface area contributed by atoms with E-state index >= 15 is 0 Å². The van der Waals surface area contributed by atoms with Crippen LogP contribution in [0, 0.1) is 0 Å². The van der Waals surface area contributed by atoms with E-state index in [9.17, 15) is 13.2 Å². The number of benzene rings is 1. The van der Waals surface area contributed by atoms with Crippen molar-refractivity contribution in [3.8, 4) is 33.0 Å². The van der Waals surface area contributed by atoms with E-state index in [1.54, 1.807) is 12.3 Å². The molecule has 0 aliphatic rings. The number of hydrogen-bond acceptors (Lipinski definition) is 7. The Morgan fingerprint density at radius 2 is 1.85 bits per heavy atom. The van der Waals surface area contributed by atoms with Crippen LogP contribution >= 0.6 is 11.3 Å². The number of primary sulfonamides is 1. The van der Waals surface area contributed by atoms with Crippen LogP contribution in [0.1, 0.15) is 6.92 Å². The van der Waals surface area contributed by atoms with Crippen molar-refractivity contribution in [1.82, 2.24) is 20.3 Å². The van der Waals surface area contributed by atoms with Gasteiger partial charge in [0.15, 0.2) is 0 Å². The Bertz CT molecular complexity index is 1400. The number of thiazole rings is 1. The largest absolute Gasteiger partial charge is 0.338 e. The van der Waals surface area contributed by atoms with Gasteiger partial charge in [0.25, 0.3) is 0 Å². The minimum atomic E-state index is -3.93. The van der Waals surface area contributed by atoms with Crippen molar-refractivity contribution < 1.29 is 13.2 Å². The van der Waals surface area contributed by atoms with Gasteiger partial charge in [-0.1, -0.05) is 30.3 Å². The summed E-state index contributed by atoms with van der Waals surface area (Å²) in [5.74, 6) is 0.326. The van der Waals surface area contributed by atoms with Gasteiger partial charge in [0.05, 0.1) is 5.69 Å². The van der Waals surface area contributed by atoms with Crippen LogP contribution in [-0.4, -0.2) is 35.9 Å². The third kappa shape index (κ3) is 5.22. The third-order valence-corrected chi connectivity index (χ3v) is 6.40. The zero-order valence-corrected chi connectivity index (χ0v) is 19.2. The van der Waals surface area contributed by atoms with Gasteiger partial charge in [0.1, 0.15) is 15.7 Å². The summed E-state index contributed by atoms with van der Waals surface area (Å²) < 4.78 is 23.7. The normalized spacial score (nSPS) is 11.2. The second-order valence-corrected chi connectivity index (χ2v) is 9.38. The fourth-order valence-electron chi connectivity index (χ4n) is 3.11. The number of carbonyl (C=O) groups is 1. The summed E-state index contributed by atoms with van der Waals surface area (Å²) in [4.78, 5) is 25.0. The number of anilines is 1. The van der Waals surface area contributed by atoms with Crippen LogP contribution in [-0.2, 0) is 10.0 Å². The van der Waals surface area contributed by atoms with Gasteiger partial charge in [-0.05, 0) is 19.1 Å². The zero-order valence-electron chi connectivity index (χ0n) is 17.5. The first-order valence-corrected chi connectivity index (χ1v) is 12.3. The van der Waals surface area contributed by atoms with Gasteiger partial charge in [-0.15, -0.1) is 11.3 Å². The number of pyridine rings is 2. The van der Waals surface area contributed by atoms with Crippen molar-refractivity contribution in [1.29, 1.82) is 0 Å². The van der Waals surface area contributed by atoms with Crippen LogP contribution in [0.3, 0.4) is 0 Å². The lowest BCUT2D eigenvalue weighted by Gasteiger charge is -2.11. The molecule has 11 heteroatoms. The van der Waals surface area contributed by atoms with Crippen LogP contribution < -0.4 is 15.8 Å². The number of carbonyl (C=O) groups excluding carboxylic acids is 1. The molecule has 9 nitrogen and oxygen atoms in total. The molecule has 0 aliphatic heterocycles. The topological polar surface area (TPSA) is 140 Å². The van der Waals surface area contributed by atoms with E-state index in [1.807, 2.05) is 42.6 Å². The van der Waals surface area contributed by atoms with Crippen LogP contribution in [0.5, 0.6) is 0 Å². The fraction of sp³-hybridized carbons (Fsp3) is 0.0909. The fourth-order valence-corrected chi connectivity index (χ4v) is 4.47. The van der Waals surface area contributed by atoms with E-state index in [-0.39, 0.29) is 10.9 Å². The Hall–Kier alpha value is -3.67. The SMILES string of the molecule is CCNC(=O)Nc1cc(-c2nc(-c3ccccc3)cs2)c(-c2cncc(S(N)(=O)=O)c2)cn1. The number of sulfonamides is 1. The van der Waals surface area contributed by atoms with E-state index in [1.165, 1.54) is 29.8 Å². The number of hydrogen-bond donors (Lipinski definition) is 3. The maximum Gasteiger partial charge on any atom is 0.320 e. The molecule has 0 saturated carbocycles. The van der Waals surface area contributed by atoms with E-state index < -0.39 is 10.0 Å². The molecule has 4 N–H and O–H groups in total. The van der Waals surface area contributed by atoms with Gasteiger partial charge >= 0.3 is 6.03 Å². The molecule has 33 heavy (non-hydrogen) atoms. The van der Waals surface area contributed by atoms with Crippen LogP contribution in [0.2, 0.25) is 0 Å². The van der Waals surface area contributed by atoms with Gasteiger partial charge < -0.3 is 5.32 Å². The van der Waals surface area contributed by atoms with Gasteiger partial charge in [-0.25, -0.2) is 28.3 Å². The Balaban J connectivity index is 1.82. The molecule has 0 bridgehead atoms. The highest BCUT2D eigenvalue weighted by Crippen LogP contribution is 2.37. The summed E-state index contributed by atoms with van der Waals surface area (Å²) >= 11 is 1.42. The Kier molecular flexibility index (Phi) is 6.45. The minimum Gasteiger partial charge on any atom is -0.338 e. The lowest BCUT2D eigenvalue weighted by Crippen LogP contribution is -2.28. The van der Waals surface area contributed by atoms with Gasteiger partial charge in [-0.2, -0.15) is 0 Å². The van der Waals surface area contributed by atoms with Crippen LogP contribution in [0.4, 0.5) is 10.6 Å². The molecule has 0 spiro atoms. The molecule has 0 saturated heterocycles. The molecule has 0 unspecified atom stereocenters.